The van der Waals surface area contributed by atoms with Gasteiger partial charge in [-0.1, -0.05) is 65.7 Å². The number of nitrogens with two attached hydrogens (primary N) is 1. The van der Waals surface area contributed by atoms with Gasteiger partial charge in [-0.25, -0.2) is 0 Å². The van der Waals surface area contributed by atoms with E-state index in [1.807, 2.05) is 0 Å². The molecule has 0 aromatic rings. The fourth-order valence-electron chi connectivity index (χ4n) is 2.81. The van der Waals surface area contributed by atoms with Crippen LogP contribution in [0.5, 0.6) is 0 Å². The van der Waals surface area contributed by atoms with Gasteiger partial charge in [0, 0.05) is 12.8 Å². The Morgan fingerprint density at radius 3 is 2.00 bits per heavy atom. The van der Waals surface area contributed by atoms with Crippen LogP contribution in [0.25, 0.3) is 0 Å². The lowest BCUT2D eigenvalue weighted by Crippen LogP contribution is -2.20. The first-order valence-corrected chi connectivity index (χ1v) is 8.81. The molecule has 2 N–H and O–H groups in total. The average molecular weight is 284 g/mol. The minimum absolute atomic E-state index is 0.400. The highest BCUT2D eigenvalue weighted by atomic mass is 16.1. The van der Waals surface area contributed by atoms with E-state index >= 15 is 0 Å². The first-order chi connectivity index (χ1) is 9.60. The van der Waals surface area contributed by atoms with E-state index in [4.69, 9.17) is 5.73 Å². The Morgan fingerprint density at radius 2 is 1.50 bits per heavy atom. The summed E-state index contributed by atoms with van der Waals surface area (Å²) in [5.41, 5.74) is 5.75. The van der Waals surface area contributed by atoms with Crippen molar-refractivity contribution in [3.63, 3.8) is 0 Å². The smallest absolute Gasteiger partial charge is 0.133 e. The highest BCUT2D eigenvalue weighted by Crippen LogP contribution is 2.17. The van der Waals surface area contributed by atoms with Crippen molar-refractivity contribution in [2.75, 3.05) is 6.54 Å². The number of hydrogen-bond donors (Lipinski definition) is 1. The second kappa shape index (κ2) is 13.6. The molecule has 0 aliphatic carbocycles. The molecule has 0 fully saturated rings. The maximum Gasteiger partial charge on any atom is 0.133 e. The zero-order chi connectivity index (χ0) is 15.2. The van der Waals surface area contributed by atoms with Crippen LogP contribution in [-0.2, 0) is 4.79 Å². The summed E-state index contributed by atoms with van der Waals surface area (Å²) < 4.78 is 0. The standard InChI is InChI=1S/C18H37NO/c1-4-5-6-7-8-9-10-11-12-18(20)14-17(15-19)13-16(2)3/h16-17H,4-15,19H2,1-3H3. The summed E-state index contributed by atoms with van der Waals surface area (Å²) >= 11 is 0. The fraction of sp³-hybridized carbons (Fsp3) is 0.944. The molecule has 2 nitrogen and oxygen atoms in total. The quantitative estimate of drug-likeness (QED) is 0.451. The SMILES string of the molecule is CCCCCCCCCCC(=O)CC(CN)CC(C)C. The van der Waals surface area contributed by atoms with E-state index in [2.05, 4.69) is 20.8 Å². The number of ketones is 1. The molecule has 0 radical (unpaired) electrons. The third-order valence-electron chi connectivity index (χ3n) is 3.96. The van der Waals surface area contributed by atoms with E-state index < -0.39 is 0 Å². The molecular weight excluding hydrogens is 246 g/mol. The Hall–Kier alpha value is -0.370. The van der Waals surface area contributed by atoms with Crippen LogP contribution in [0, 0.1) is 11.8 Å². The number of hydrogen-bond acceptors (Lipinski definition) is 2. The predicted octanol–water partition coefficient (Wildman–Crippen LogP) is 5.10. The van der Waals surface area contributed by atoms with Crippen LogP contribution in [0.2, 0.25) is 0 Å². The predicted molar refractivity (Wildman–Crippen MR) is 88.9 cm³/mol. The van der Waals surface area contributed by atoms with E-state index in [1.165, 1.54) is 44.9 Å². The van der Waals surface area contributed by atoms with E-state index in [-0.39, 0.29) is 0 Å². The molecule has 0 aromatic carbocycles. The van der Waals surface area contributed by atoms with Crippen LogP contribution in [0.4, 0.5) is 0 Å². The van der Waals surface area contributed by atoms with E-state index in [0.717, 1.165) is 19.3 Å². The van der Waals surface area contributed by atoms with Gasteiger partial charge in [-0.05, 0) is 31.2 Å². The summed E-state index contributed by atoms with van der Waals surface area (Å²) in [6.45, 7) is 7.30. The van der Waals surface area contributed by atoms with Crippen molar-refractivity contribution >= 4 is 5.78 Å². The van der Waals surface area contributed by atoms with Crippen molar-refractivity contribution in [2.24, 2.45) is 17.6 Å². The van der Waals surface area contributed by atoms with Gasteiger partial charge in [0.2, 0.25) is 0 Å². The van der Waals surface area contributed by atoms with Crippen molar-refractivity contribution < 1.29 is 4.79 Å². The third kappa shape index (κ3) is 12.7. The van der Waals surface area contributed by atoms with Gasteiger partial charge in [-0.2, -0.15) is 0 Å². The fourth-order valence-corrected chi connectivity index (χ4v) is 2.81. The molecule has 0 heterocycles. The molecule has 0 rings (SSSR count). The zero-order valence-corrected chi connectivity index (χ0v) is 14.1. The van der Waals surface area contributed by atoms with E-state index in [1.54, 1.807) is 0 Å². The van der Waals surface area contributed by atoms with Gasteiger partial charge in [0.1, 0.15) is 5.78 Å². The van der Waals surface area contributed by atoms with Crippen molar-refractivity contribution in [3.05, 3.63) is 0 Å². The van der Waals surface area contributed by atoms with Crippen LogP contribution >= 0.6 is 0 Å². The normalized spacial score (nSPS) is 12.8. The lowest BCUT2D eigenvalue weighted by atomic mass is 9.91. The minimum atomic E-state index is 0.400. The number of rotatable bonds is 14. The summed E-state index contributed by atoms with van der Waals surface area (Å²) in [6, 6.07) is 0. The van der Waals surface area contributed by atoms with Crippen LogP contribution in [0.15, 0.2) is 0 Å². The molecule has 0 aromatic heterocycles. The summed E-state index contributed by atoms with van der Waals surface area (Å²) in [5, 5.41) is 0. The average Bonchev–Trinajstić information content (AvgIpc) is 2.40. The molecule has 0 bridgehead atoms. The second-order valence-electron chi connectivity index (χ2n) is 6.70. The van der Waals surface area contributed by atoms with Gasteiger partial charge in [0.25, 0.3) is 0 Å². The molecule has 0 amide bonds. The number of unbranched alkanes of at least 4 members (excludes halogenated alkanes) is 7. The first kappa shape index (κ1) is 19.6. The number of Topliss-reactive ketones (excluding diaryl/α,β-unsaturated/α-hetero) is 1. The van der Waals surface area contributed by atoms with Crippen molar-refractivity contribution in [3.8, 4) is 0 Å². The van der Waals surface area contributed by atoms with Gasteiger partial charge in [-0.3, -0.25) is 4.79 Å². The number of carbonyl (C=O) groups excluding carboxylic acids is 1. The highest BCUT2D eigenvalue weighted by Gasteiger charge is 2.13. The van der Waals surface area contributed by atoms with Gasteiger partial charge in [-0.15, -0.1) is 0 Å². The largest absolute Gasteiger partial charge is 0.330 e. The third-order valence-corrected chi connectivity index (χ3v) is 3.96. The Balaban J connectivity index is 3.48. The summed E-state index contributed by atoms with van der Waals surface area (Å²) in [4.78, 5) is 11.9. The molecule has 1 atom stereocenters. The maximum absolute atomic E-state index is 11.9. The Kier molecular flexibility index (Phi) is 13.4. The molecule has 0 aliphatic rings. The van der Waals surface area contributed by atoms with Gasteiger partial charge < -0.3 is 5.73 Å². The van der Waals surface area contributed by atoms with Crippen LogP contribution in [0.1, 0.15) is 91.4 Å². The summed E-state index contributed by atoms with van der Waals surface area (Å²) in [5.74, 6) is 1.46. The number of carbonyl (C=O) groups is 1. The molecule has 0 saturated carbocycles. The highest BCUT2D eigenvalue weighted by molar-refractivity contribution is 5.78. The Labute approximate surface area is 126 Å². The molecule has 120 valence electrons. The molecule has 20 heavy (non-hydrogen) atoms. The van der Waals surface area contributed by atoms with Gasteiger partial charge in [0.05, 0.1) is 0 Å². The van der Waals surface area contributed by atoms with Crippen molar-refractivity contribution in [1.82, 2.24) is 0 Å². The molecule has 2 heteroatoms. The zero-order valence-electron chi connectivity index (χ0n) is 14.1. The van der Waals surface area contributed by atoms with Gasteiger partial charge in [0.15, 0.2) is 0 Å². The van der Waals surface area contributed by atoms with Gasteiger partial charge >= 0.3 is 0 Å². The van der Waals surface area contributed by atoms with E-state index in [9.17, 15) is 4.79 Å². The molecule has 1 unspecified atom stereocenters. The Morgan fingerprint density at radius 1 is 0.950 bits per heavy atom. The topological polar surface area (TPSA) is 43.1 Å². The maximum atomic E-state index is 11.9. The molecular formula is C18H37NO. The van der Waals surface area contributed by atoms with Crippen molar-refractivity contribution in [2.45, 2.75) is 91.4 Å². The molecule has 0 aliphatic heterocycles. The second-order valence-corrected chi connectivity index (χ2v) is 6.70. The van der Waals surface area contributed by atoms with E-state index in [0.29, 0.717) is 30.6 Å². The van der Waals surface area contributed by atoms with Crippen LogP contribution < -0.4 is 5.73 Å². The monoisotopic (exact) mass is 283 g/mol. The van der Waals surface area contributed by atoms with Crippen LogP contribution in [0.3, 0.4) is 0 Å². The molecule has 0 spiro atoms. The first-order valence-electron chi connectivity index (χ1n) is 8.81. The molecule has 0 saturated heterocycles. The lowest BCUT2D eigenvalue weighted by Gasteiger charge is -2.16. The summed E-state index contributed by atoms with van der Waals surface area (Å²) in [7, 11) is 0. The Bertz CT molecular complexity index is 225. The van der Waals surface area contributed by atoms with Crippen molar-refractivity contribution in [1.29, 1.82) is 0 Å². The summed E-state index contributed by atoms with van der Waals surface area (Å²) in [6.07, 6.45) is 12.9. The minimum Gasteiger partial charge on any atom is -0.330 e. The van der Waals surface area contributed by atoms with Crippen LogP contribution in [-0.4, -0.2) is 12.3 Å². The lowest BCUT2D eigenvalue weighted by molar-refractivity contribution is -0.120.